The number of hydrogen-bond donors (Lipinski definition) is 2. The molecule has 148 valence electrons. The van der Waals surface area contributed by atoms with Crippen molar-refractivity contribution in [3.8, 4) is 23.4 Å². The normalized spacial score (nSPS) is 9.93. The summed E-state index contributed by atoms with van der Waals surface area (Å²) in [5.74, 6) is 0.752. The van der Waals surface area contributed by atoms with Gasteiger partial charge in [0.15, 0.2) is 0 Å². The average Bonchev–Trinajstić information content (AvgIpc) is 2.74. The first-order valence-corrected chi connectivity index (χ1v) is 9.38. The number of rotatable bonds is 7. The summed E-state index contributed by atoms with van der Waals surface area (Å²) in [5, 5.41) is 14.4. The number of nitrogens with two attached hydrogens (primary N) is 1. The van der Waals surface area contributed by atoms with Crippen LogP contribution in [0, 0.1) is 24.2 Å². The fourth-order valence-corrected chi connectivity index (χ4v) is 3.06. The first-order valence-electron chi connectivity index (χ1n) is 9.38. The fraction of sp³-hybridized carbons (Fsp3) is 0.208. The lowest BCUT2D eigenvalue weighted by Gasteiger charge is -2.10. The number of nitrogens with zero attached hydrogens (tertiary/aromatic N) is 2. The molecule has 0 fully saturated rings. The Morgan fingerprint density at radius 1 is 1.10 bits per heavy atom. The number of nitrogens with one attached hydrogen (secondary N) is 1. The minimum absolute atomic E-state index is 0.450. The molecule has 1 aromatic heterocycles. The Morgan fingerprint density at radius 3 is 2.59 bits per heavy atom. The van der Waals surface area contributed by atoms with Gasteiger partial charge in [0.05, 0.1) is 12.8 Å². The number of hydrogen-bond acceptors (Lipinski definition) is 5. The van der Waals surface area contributed by atoms with Gasteiger partial charge >= 0.3 is 0 Å². The van der Waals surface area contributed by atoms with Gasteiger partial charge in [-0.15, -0.1) is 0 Å². The number of nitrogen functional groups attached to an aromatic ring is 1. The van der Waals surface area contributed by atoms with Crippen molar-refractivity contribution in [3.63, 3.8) is 0 Å². The first kappa shape index (κ1) is 21.6. The summed E-state index contributed by atoms with van der Waals surface area (Å²) in [7, 11) is 0. The molecule has 29 heavy (non-hydrogen) atoms. The Bertz CT molecular complexity index is 995. The molecule has 3 aromatic rings. The fourth-order valence-electron chi connectivity index (χ4n) is 3.06. The van der Waals surface area contributed by atoms with Crippen molar-refractivity contribution in [1.82, 2.24) is 4.98 Å². The number of anilines is 1. The van der Waals surface area contributed by atoms with E-state index in [0.29, 0.717) is 18.0 Å². The second-order valence-electron chi connectivity index (χ2n) is 6.71. The van der Waals surface area contributed by atoms with E-state index in [4.69, 9.17) is 21.1 Å². The van der Waals surface area contributed by atoms with Crippen LogP contribution in [-0.2, 0) is 6.42 Å². The molecular formula is C24H26N4O. The number of pyridine rings is 1. The highest BCUT2D eigenvalue weighted by atomic mass is 16.5. The van der Waals surface area contributed by atoms with Gasteiger partial charge in [-0.2, -0.15) is 0 Å². The monoisotopic (exact) mass is 386 g/mol. The third-order valence-corrected chi connectivity index (χ3v) is 4.62. The SMILES string of the molecule is C#N.CC(=N)c1cc(-c2cncc(OCCCc3ccccc3C)c2)ccc1N. The summed E-state index contributed by atoms with van der Waals surface area (Å²) in [5.41, 5.74) is 12.4. The van der Waals surface area contributed by atoms with Crippen LogP contribution < -0.4 is 10.5 Å². The molecule has 3 N–H and O–H groups in total. The topological polar surface area (TPSA) is 95.8 Å². The molecule has 2 aromatic carbocycles. The lowest BCUT2D eigenvalue weighted by atomic mass is 10.0. The molecule has 5 heteroatoms. The van der Waals surface area contributed by atoms with Crippen LogP contribution in [0.5, 0.6) is 5.75 Å². The van der Waals surface area contributed by atoms with Gasteiger partial charge in [-0.25, -0.2) is 5.26 Å². The van der Waals surface area contributed by atoms with Gasteiger partial charge in [-0.1, -0.05) is 30.3 Å². The highest BCUT2D eigenvalue weighted by molar-refractivity contribution is 6.02. The number of ether oxygens (including phenoxy) is 1. The van der Waals surface area contributed by atoms with E-state index in [1.807, 2.05) is 24.3 Å². The van der Waals surface area contributed by atoms with E-state index in [9.17, 15) is 0 Å². The summed E-state index contributed by atoms with van der Waals surface area (Å²) in [6.07, 6.45) is 5.49. The molecule has 1 heterocycles. The van der Waals surface area contributed by atoms with Crippen LogP contribution >= 0.6 is 0 Å². The second-order valence-corrected chi connectivity index (χ2v) is 6.71. The first-order chi connectivity index (χ1) is 14.0. The summed E-state index contributed by atoms with van der Waals surface area (Å²) in [4.78, 5) is 4.30. The summed E-state index contributed by atoms with van der Waals surface area (Å²) in [6.45, 7) is 8.02. The van der Waals surface area contributed by atoms with Gasteiger partial charge < -0.3 is 15.9 Å². The Hall–Kier alpha value is -3.65. The van der Waals surface area contributed by atoms with Crippen LogP contribution in [-0.4, -0.2) is 17.3 Å². The third kappa shape index (κ3) is 5.91. The minimum Gasteiger partial charge on any atom is -0.492 e. The van der Waals surface area contributed by atoms with Crippen LogP contribution in [0.1, 0.15) is 30.0 Å². The molecule has 0 spiro atoms. The van der Waals surface area contributed by atoms with E-state index in [1.165, 1.54) is 11.1 Å². The molecule has 0 radical (unpaired) electrons. The summed E-state index contributed by atoms with van der Waals surface area (Å²) in [6, 6.07) is 16.1. The molecule has 3 rings (SSSR count). The maximum atomic E-state index is 7.86. The number of benzene rings is 2. The zero-order valence-electron chi connectivity index (χ0n) is 16.9. The Kier molecular flexibility index (Phi) is 7.93. The highest BCUT2D eigenvalue weighted by Gasteiger charge is 2.07. The quantitative estimate of drug-likeness (QED) is 0.332. The Balaban J connectivity index is 0.00000145. The van der Waals surface area contributed by atoms with E-state index in [1.54, 1.807) is 19.3 Å². The second kappa shape index (κ2) is 10.6. The zero-order chi connectivity index (χ0) is 21.2. The predicted octanol–water partition coefficient (Wildman–Crippen LogP) is 5.18. The van der Waals surface area contributed by atoms with Crippen molar-refractivity contribution < 1.29 is 4.74 Å². The maximum absolute atomic E-state index is 7.86. The van der Waals surface area contributed by atoms with E-state index in [0.717, 1.165) is 35.3 Å². The average molecular weight is 386 g/mol. The van der Waals surface area contributed by atoms with Gasteiger partial charge in [-0.3, -0.25) is 4.98 Å². The van der Waals surface area contributed by atoms with E-state index >= 15 is 0 Å². The lowest BCUT2D eigenvalue weighted by molar-refractivity contribution is 0.310. The molecule has 0 aliphatic carbocycles. The molecule has 0 atom stereocenters. The largest absolute Gasteiger partial charge is 0.492 e. The molecule has 0 bridgehead atoms. The van der Waals surface area contributed by atoms with Crippen LogP contribution in [0.4, 0.5) is 5.69 Å². The van der Waals surface area contributed by atoms with Crippen molar-refractivity contribution in [3.05, 3.63) is 77.6 Å². The Morgan fingerprint density at radius 2 is 1.86 bits per heavy atom. The standard InChI is InChI=1S/C23H25N3O.CHN/c1-16-6-3-4-7-18(16)8-5-11-27-21-12-20(14-26-15-21)19-9-10-23(25)22(13-19)17(2)24;1-2/h3-4,6-7,9-10,12-15,24H,5,8,11,25H2,1-2H3;1H. The van der Waals surface area contributed by atoms with Crippen LogP contribution in [0.25, 0.3) is 11.1 Å². The lowest BCUT2D eigenvalue weighted by Crippen LogP contribution is -2.01. The molecule has 0 saturated heterocycles. The van der Waals surface area contributed by atoms with Crippen molar-refractivity contribution in [1.29, 1.82) is 10.7 Å². The van der Waals surface area contributed by atoms with Crippen molar-refractivity contribution in [2.45, 2.75) is 26.7 Å². The number of nitriles is 1. The third-order valence-electron chi connectivity index (χ3n) is 4.62. The summed E-state index contributed by atoms with van der Waals surface area (Å²) >= 11 is 0. The molecule has 5 nitrogen and oxygen atoms in total. The zero-order valence-corrected chi connectivity index (χ0v) is 16.9. The van der Waals surface area contributed by atoms with Gasteiger partial charge in [-0.05, 0) is 61.6 Å². The minimum atomic E-state index is 0.450. The van der Waals surface area contributed by atoms with Gasteiger partial charge in [0.2, 0.25) is 0 Å². The van der Waals surface area contributed by atoms with Crippen LogP contribution in [0.2, 0.25) is 0 Å². The molecule has 0 saturated carbocycles. The van der Waals surface area contributed by atoms with Gasteiger partial charge in [0.1, 0.15) is 5.75 Å². The number of aromatic nitrogens is 1. The molecule has 0 aliphatic rings. The van der Waals surface area contributed by atoms with E-state index in [-0.39, 0.29) is 0 Å². The van der Waals surface area contributed by atoms with Crippen LogP contribution in [0.15, 0.2) is 60.9 Å². The van der Waals surface area contributed by atoms with Gasteiger partial charge in [0.25, 0.3) is 0 Å². The van der Waals surface area contributed by atoms with E-state index in [2.05, 4.69) is 42.7 Å². The van der Waals surface area contributed by atoms with Crippen LogP contribution in [0.3, 0.4) is 0 Å². The number of aryl methyl sites for hydroxylation is 2. The molecule has 0 amide bonds. The highest BCUT2D eigenvalue weighted by Crippen LogP contribution is 2.26. The van der Waals surface area contributed by atoms with E-state index < -0.39 is 0 Å². The Labute approximate surface area is 172 Å². The smallest absolute Gasteiger partial charge is 0.138 e. The predicted molar refractivity (Wildman–Crippen MR) is 118 cm³/mol. The van der Waals surface area contributed by atoms with Gasteiger partial charge in [0, 0.05) is 35.3 Å². The molecular weight excluding hydrogens is 360 g/mol. The molecule has 0 unspecified atom stereocenters. The molecule has 0 aliphatic heterocycles. The van der Waals surface area contributed by atoms with Crippen molar-refractivity contribution in [2.75, 3.05) is 12.3 Å². The maximum Gasteiger partial charge on any atom is 0.138 e. The van der Waals surface area contributed by atoms with Crippen molar-refractivity contribution >= 4 is 11.4 Å². The summed E-state index contributed by atoms with van der Waals surface area (Å²) < 4.78 is 5.90. The van der Waals surface area contributed by atoms with Crippen molar-refractivity contribution in [2.24, 2.45) is 0 Å².